The zero-order valence-electron chi connectivity index (χ0n) is 12.6. The van der Waals surface area contributed by atoms with Crippen LogP contribution in [0, 0.1) is 12.7 Å². The Bertz CT molecular complexity index is 935. The molecule has 0 atom stereocenters. The molecule has 0 unspecified atom stereocenters. The summed E-state index contributed by atoms with van der Waals surface area (Å²) in [4.78, 5) is 11.5. The van der Waals surface area contributed by atoms with Crippen LogP contribution in [0.15, 0.2) is 40.8 Å². The fourth-order valence-corrected chi connectivity index (χ4v) is 3.21. The number of rotatable bonds is 3. The van der Waals surface area contributed by atoms with Gasteiger partial charge in [0, 0.05) is 17.0 Å². The van der Waals surface area contributed by atoms with Crippen molar-refractivity contribution in [2.75, 3.05) is 0 Å². The lowest BCUT2D eigenvalue weighted by molar-refractivity contribution is 0.0697. The number of carboxylic acid groups (broad SMARTS) is 1. The maximum atomic E-state index is 14.6. The lowest BCUT2D eigenvalue weighted by Gasteiger charge is -2.10. The maximum Gasteiger partial charge on any atom is 0.339 e. The molecule has 1 aliphatic carbocycles. The second-order valence-corrected chi connectivity index (χ2v) is 6.03. The fraction of sp³-hybridized carbons (Fsp3) is 0.211. The molecule has 1 N–H and O–H groups in total. The van der Waals surface area contributed by atoms with Gasteiger partial charge in [-0.25, -0.2) is 9.18 Å². The number of benzene rings is 2. The summed E-state index contributed by atoms with van der Waals surface area (Å²) >= 11 is 0. The Hall–Kier alpha value is -2.62. The van der Waals surface area contributed by atoms with E-state index in [1.165, 1.54) is 6.07 Å². The van der Waals surface area contributed by atoms with E-state index in [0.29, 0.717) is 22.6 Å². The number of fused-ring (bicyclic) bond motifs is 1. The third kappa shape index (κ3) is 2.22. The molecule has 4 heteroatoms. The number of aryl methyl sites for hydroxylation is 1. The molecule has 23 heavy (non-hydrogen) atoms. The summed E-state index contributed by atoms with van der Waals surface area (Å²) in [6.07, 6.45) is 2.23. The van der Waals surface area contributed by atoms with Crippen molar-refractivity contribution < 1.29 is 18.7 Å². The summed E-state index contributed by atoms with van der Waals surface area (Å²) in [5.41, 5.74) is 2.77. The monoisotopic (exact) mass is 310 g/mol. The molecule has 0 radical (unpaired) electrons. The van der Waals surface area contributed by atoms with Gasteiger partial charge in [-0.2, -0.15) is 0 Å². The molecule has 0 saturated heterocycles. The molecule has 4 rings (SSSR count). The molecular weight excluding hydrogens is 295 g/mol. The summed E-state index contributed by atoms with van der Waals surface area (Å²) in [7, 11) is 0. The first kappa shape index (κ1) is 14.0. The van der Waals surface area contributed by atoms with Crippen molar-refractivity contribution in [3.63, 3.8) is 0 Å². The molecule has 0 spiro atoms. The van der Waals surface area contributed by atoms with E-state index in [-0.39, 0.29) is 11.1 Å². The molecule has 2 aromatic carbocycles. The number of halogens is 1. The van der Waals surface area contributed by atoms with Crippen molar-refractivity contribution in [3.8, 4) is 11.1 Å². The van der Waals surface area contributed by atoms with Gasteiger partial charge in [0.2, 0.25) is 0 Å². The zero-order chi connectivity index (χ0) is 16.1. The van der Waals surface area contributed by atoms with Gasteiger partial charge in [0.05, 0.1) is 0 Å². The van der Waals surface area contributed by atoms with Crippen LogP contribution in [-0.2, 0) is 0 Å². The van der Waals surface area contributed by atoms with E-state index in [4.69, 9.17) is 4.42 Å². The Morgan fingerprint density at radius 3 is 2.65 bits per heavy atom. The Morgan fingerprint density at radius 2 is 1.96 bits per heavy atom. The molecule has 3 aromatic rings. The largest absolute Gasteiger partial charge is 0.478 e. The molecule has 1 fully saturated rings. The predicted molar refractivity (Wildman–Crippen MR) is 85.3 cm³/mol. The molecule has 1 saturated carbocycles. The number of aromatic carboxylic acids is 1. The third-order valence-electron chi connectivity index (χ3n) is 4.44. The average molecular weight is 310 g/mol. The van der Waals surface area contributed by atoms with Crippen LogP contribution in [0.2, 0.25) is 0 Å². The van der Waals surface area contributed by atoms with Crippen LogP contribution < -0.4 is 0 Å². The summed E-state index contributed by atoms with van der Waals surface area (Å²) in [5, 5.41) is 9.82. The van der Waals surface area contributed by atoms with Gasteiger partial charge >= 0.3 is 5.97 Å². The van der Waals surface area contributed by atoms with Gasteiger partial charge in [-0.15, -0.1) is 0 Å². The second kappa shape index (κ2) is 4.95. The minimum Gasteiger partial charge on any atom is -0.478 e. The first-order valence-corrected chi connectivity index (χ1v) is 7.61. The van der Waals surface area contributed by atoms with Crippen molar-refractivity contribution >= 4 is 16.9 Å². The molecule has 0 aliphatic heterocycles. The van der Waals surface area contributed by atoms with Crippen LogP contribution in [0.1, 0.15) is 40.4 Å². The summed E-state index contributed by atoms with van der Waals surface area (Å²) in [6, 6.07) is 10.6. The lowest BCUT2D eigenvalue weighted by Crippen LogP contribution is -1.97. The normalized spacial score (nSPS) is 14.3. The van der Waals surface area contributed by atoms with Crippen LogP contribution >= 0.6 is 0 Å². The van der Waals surface area contributed by atoms with E-state index in [0.717, 1.165) is 24.0 Å². The van der Waals surface area contributed by atoms with Crippen LogP contribution in [0.5, 0.6) is 0 Å². The number of furan rings is 1. The smallest absolute Gasteiger partial charge is 0.339 e. The molecule has 0 amide bonds. The lowest BCUT2D eigenvalue weighted by atomic mass is 9.95. The maximum absolute atomic E-state index is 14.6. The van der Waals surface area contributed by atoms with Gasteiger partial charge in [0.1, 0.15) is 22.7 Å². The SMILES string of the molecule is Cc1oc2cc(F)c(-c3ccccc3C3CC3)cc2c1C(=O)O. The molecule has 3 nitrogen and oxygen atoms in total. The number of carbonyl (C=O) groups is 1. The first-order chi connectivity index (χ1) is 11.1. The molecule has 0 bridgehead atoms. The number of hydrogen-bond acceptors (Lipinski definition) is 2. The third-order valence-corrected chi connectivity index (χ3v) is 4.44. The van der Waals surface area contributed by atoms with Gasteiger partial charge in [0.15, 0.2) is 0 Å². The number of hydrogen-bond donors (Lipinski definition) is 1. The van der Waals surface area contributed by atoms with E-state index >= 15 is 0 Å². The second-order valence-electron chi connectivity index (χ2n) is 6.03. The van der Waals surface area contributed by atoms with Crippen LogP contribution in [0.25, 0.3) is 22.1 Å². The Balaban J connectivity index is 1.99. The fourth-order valence-electron chi connectivity index (χ4n) is 3.21. The highest BCUT2D eigenvalue weighted by atomic mass is 19.1. The van der Waals surface area contributed by atoms with Crippen LogP contribution in [0.4, 0.5) is 4.39 Å². The highest BCUT2D eigenvalue weighted by Gasteiger charge is 2.27. The quantitative estimate of drug-likeness (QED) is 0.730. The van der Waals surface area contributed by atoms with Gasteiger partial charge in [-0.05, 0) is 42.9 Å². The molecule has 116 valence electrons. The zero-order valence-corrected chi connectivity index (χ0v) is 12.6. The summed E-state index contributed by atoms with van der Waals surface area (Å²) in [5.74, 6) is -0.684. The van der Waals surface area contributed by atoms with Gasteiger partial charge < -0.3 is 9.52 Å². The Morgan fingerprint density at radius 1 is 1.22 bits per heavy atom. The molecule has 1 aromatic heterocycles. The van der Waals surface area contributed by atoms with E-state index in [9.17, 15) is 14.3 Å². The van der Waals surface area contributed by atoms with Crippen LogP contribution in [-0.4, -0.2) is 11.1 Å². The summed E-state index contributed by atoms with van der Waals surface area (Å²) < 4.78 is 20.0. The van der Waals surface area contributed by atoms with Crippen molar-refractivity contribution in [2.45, 2.75) is 25.7 Å². The highest BCUT2D eigenvalue weighted by molar-refractivity contribution is 6.04. The minimum absolute atomic E-state index is 0.102. The van der Waals surface area contributed by atoms with Crippen LogP contribution in [0.3, 0.4) is 0 Å². The van der Waals surface area contributed by atoms with Gasteiger partial charge in [0.25, 0.3) is 0 Å². The van der Waals surface area contributed by atoms with E-state index < -0.39 is 11.8 Å². The first-order valence-electron chi connectivity index (χ1n) is 7.61. The molecule has 1 aliphatic rings. The van der Waals surface area contributed by atoms with Gasteiger partial charge in [-0.3, -0.25) is 0 Å². The molecular formula is C19H15FO3. The van der Waals surface area contributed by atoms with E-state index in [2.05, 4.69) is 0 Å². The van der Waals surface area contributed by atoms with Gasteiger partial charge in [-0.1, -0.05) is 24.3 Å². The number of carboxylic acids is 1. The van der Waals surface area contributed by atoms with Crippen molar-refractivity contribution in [2.24, 2.45) is 0 Å². The van der Waals surface area contributed by atoms with E-state index in [1.807, 2.05) is 24.3 Å². The summed E-state index contributed by atoms with van der Waals surface area (Å²) in [6.45, 7) is 1.58. The molecule has 1 heterocycles. The highest BCUT2D eigenvalue weighted by Crippen LogP contribution is 2.45. The Kier molecular flexibility index (Phi) is 3.01. The van der Waals surface area contributed by atoms with Crippen molar-refractivity contribution in [1.29, 1.82) is 0 Å². The standard InChI is InChI=1S/C19H15FO3/c1-10-18(19(21)22)15-8-14(16(20)9-17(15)23-10)13-5-3-2-4-12(13)11-6-7-11/h2-5,8-9,11H,6-7H2,1H3,(H,21,22). The predicted octanol–water partition coefficient (Wildman–Crippen LogP) is 5.12. The average Bonchev–Trinajstić information content (AvgIpc) is 3.29. The minimum atomic E-state index is -1.06. The Labute approximate surface area is 132 Å². The van der Waals surface area contributed by atoms with Crippen molar-refractivity contribution in [3.05, 3.63) is 59.1 Å². The topological polar surface area (TPSA) is 50.4 Å². The van der Waals surface area contributed by atoms with E-state index in [1.54, 1.807) is 13.0 Å². The van der Waals surface area contributed by atoms with Crippen molar-refractivity contribution in [1.82, 2.24) is 0 Å².